The second kappa shape index (κ2) is 11.8. The number of likely N-dealkylation sites (tertiary alicyclic amines) is 1. The van der Waals surface area contributed by atoms with Gasteiger partial charge in [0.1, 0.15) is 12.1 Å². The van der Waals surface area contributed by atoms with Crippen LogP contribution in [0.3, 0.4) is 0 Å². The molecule has 2 atom stereocenters. The van der Waals surface area contributed by atoms with Crippen LogP contribution in [0.1, 0.15) is 61.3 Å². The highest BCUT2D eigenvalue weighted by Crippen LogP contribution is 2.28. The van der Waals surface area contributed by atoms with Gasteiger partial charge in [-0.15, -0.1) is 0 Å². The van der Waals surface area contributed by atoms with Gasteiger partial charge >= 0.3 is 5.97 Å². The van der Waals surface area contributed by atoms with Gasteiger partial charge in [-0.25, -0.2) is 0 Å². The Hall–Kier alpha value is -3.11. The van der Waals surface area contributed by atoms with Crippen molar-refractivity contribution in [3.05, 3.63) is 35.4 Å². The van der Waals surface area contributed by atoms with E-state index in [1.807, 2.05) is 32.6 Å². The average molecular weight is 476 g/mol. The Morgan fingerprint density at radius 1 is 1.06 bits per heavy atom. The number of nitrogens with zero attached hydrogens (tertiary/aromatic N) is 3. The van der Waals surface area contributed by atoms with E-state index in [1.54, 1.807) is 24.3 Å². The van der Waals surface area contributed by atoms with Crippen LogP contribution in [0.2, 0.25) is 0 Å². The number of aliphatic hydroxyl groups is 1. The van der Waals surface area contributed by atoms with Gasteiger partial charge in [-0.2, -0.15) is 0 Å². The molecule has 1 aromatic rings. The summed E-state index contributed by atoms with van der Waals surface area (Å²) in [6.07, 6.45) is 0.175. The van der Waals surface area contributed by atoms with E-state index in [0.717, 1.165) is 22.9 Å². The lowest BCUT2D eigenvalue weighted by molar-refractivity contribution is -0.152. The van der Waals surface area contributed by atoms with Gasteiger partial charge in [0.2, 0.25) is 5.91 Å². The summed E-state index contributed by atoms with van der Waals surface area (Å²) in [5.74, 6) is -2.59. The van der Waals surface area contributed by atoms with Gasteiger partial charge in [0.25, 0.3) is 17.7 Å². The minimum atomic E-state index is -0.989. The summed E-state index contributed by atoms with van der Waals surface area (Å²) in [5, 5.41) is 17.9. The number of hydrogen-bond acceptors (Lipinski definition) is 7. The summed E-state index contributed by atoms with van der Waals surface area (Å²) >= 11 is 0. The molecule has 186 valence electrons. The predicted octanol–water partition coefficient (Wildman–Crippen LogP) is 1.23. The van der Waals surface area contributed by atoms with E-state index >= 15 is 0 Å². The Bertz CT molecular complexity index is 907. The lowest BCUT2D eigenvalue weighted by atomic mass is 10.0. The number of amides is 4. The summed E-state index contributed by atoms with van der Waals surface area (Å²) in [7, 11) is 0. The Labute approximate surface area is 199 Å². The largest absolute Gasteiger partial charge is 0.480 e. The molecule has 1 unspecified atom stereocenters. The standard InChI is InChI=1S/C15H14N2O5.C9H19NO2/c18-8-7-16-12(19)6-5-11(15(16)22)17-13(20)9-3-1-2-4-10(9)14(17)21;1-5-10(6-2)8(7(3)4)9(11)12/h1-4,11,18H,5-8H2;7-8H,5-6H2,1-4H3,(H,11,12)/t;8-/m.0/s1. The molecule has 3 rings (SSSR count). The van der Waals surface area contributed by atoms with Crippen LogP contribution in [0.15, 0.2) is 24.3 Å². The first-order chi connectivity index (χ1) is 16.1. The first-order valence-corrected chi connectivity index (χ1v) is 11.5. The number of carboxylic acids is 1. The Kier molecular flexibility index (Phi) is 9.46. The second-order valence-corrected chi connectivity index (χ2v) is 8.44. The molecular weight excluding hydrogens is 442 g/mol. The fraction of sp³-hybridized carbons (Fsp3) is 0.542. The van der Waals surface area contributed by atoms with Crippen LogP contribution in [0.4, 0.5) is 0 Å². The van der Waals surface area contributed by atoms with Gasteiger partial charge in [0, 0.05) is 6.42 Å². The van der Waals surface area contributed by atoms with E-state index in [2.05, 4.69) is 0 Å². The zero-order chi connectivity index (χ0) is 25.6. The number of hydrogen-bond donors (Lipinski definition) is 2. The quantitative estimate of drug-likeness (QED) is 0.536. The molecule has 10 nitrogen and oxygen atoms in total. The van der Waals surface area contributed by atoms with Crippen molar-refractivity contribution in [2.45, 2.75) is 52.6 Å². The summed E-state index contributed by atoms with van der Waals surface area (Å²) in [5.41, 5.74) is 0.539. The molecule has 2 heterocycles. The highest BCUT2D eigenvalue weighted by Gasteiger charge is 2.46. The molecule has 0 spiro atoms. The number of likely N-dealkylation sites (N-methyl/N-ethyl adjacent to an activating group) is 1. The number of rotatable bonds is 8. The zero-order valence-electron chi connectivity index (χ0n) is 20.1. The first kappa shape index (κ1) is 27.1. The van der Waals surface area contributed by atoms with Crippen LogP contribution in [0.25, 0.3) is 0 Å². The lowest BCUT2D eigenvalue weighted by Crippen LogP contribution is -2.56. The summed E-state index contributed by atoms with van der Waals surface area (Å²) < 4.78 is 0. The monoisotopic (exact) mass is 475 g/mol. The smallest absolute Gasteiger partial charge is 0.321 e. The van der Waals surface area contributed by atoms with Crippen molar-refractivity contribution >= 4 is 29.6 Å². The third kappa shape index (κ3) is 5.51. The summed E-state index contributed by atoms with van der Waals surface area (Å²) in [6.45, 7) is 8.97. The number of piperidine rings is 1. The van der Waals surface area contributed by atoms with E-state index in [0.29, 0.717) is 0 Å². The third-order valence-corrected chi connectivity index (χ3v) is 6.03. The fourth-order valence-electron chi connectivity index (χ4n) is 4.37. The molecular formula is C24H33N3O7. The topological polar surface area (TPSA) is 136 Å². The third-order valence-electron chi connectivity index (χ3n) is 6.03. The maximum Gasteiger partial charge on any atom is 0.321 e. The molecule has 1 saturated heterocycles. The molecule has 1 aromatic carbocycles. The van der Waals surface area contributed by atoms with E-state index in [-0.39, 0.29) is 49.1 Å². The van der Waals surface area contributed by atoms with Gasteiger partial charge in [0.15, 0.2) is 0 Å². The van der Waals surface area contributed by atoms with Crippen LogP contribution < -0.4 is 0 Å². The Morgan fingerprint density at radius 3 is 1.97 bits per heavy atom. The number of benzene rings is 1. The van der Waals surface area contributed by atoms with Gasteiger partial charge in [0.05, 0.1) is 24.3 Å². The summed E-state index contributed by atoms with van der Waals surface area (Å²) in [6, 6.07) is 5.06. The van der Waals surface area contributed by atoms with Crippen LogP contribution in [-0.4, -0.2) is 92.8 Å². The minimum Gasteiger partial charge on any atom is -0.480 e. The predicted molar refractivity (Wildman–Crippen MR) is 123 cm³/mol. The number of carbonyl (C=O) groups excluding carboxylic acids is 4. The molecule has 2 aliphatic rings. The maximum atomic E-state index is 12.4. The van der Waals surface area contributed by atoms with Crippen molar-refractivity contribution in [2.75, 3.05) is 26.2 Å². The van der Waals surface area contributed by atoms with Crippen molar-refractivity contribution in [3.8, 4) is 0 Å². The lowest BCUT2D eigenvalue weighted by Gasteiger charge is -2.34. The minimum absolute atomic E-state index is 0.0593. The van der Waals surface area contributed by atoms with E-state index in [4.69, 9.17) is 10.2 Å². The summed E-state index contributed by atoms with van der Waals surface area (Å²) in [4.78, 5) is 63.6. The van der Waals surface area contributed by atoms with Gasteiger partial charge in [-0.1, -0.05) is 39.8 Å². The van der Waals surface area contributed by atoms with Crippen molar-refractivity contribution in [1.29, 1.82) is 0 Å². The van der Waals surface area contributed by atoms with Crippen molar-refractivity contribution < 1.29 is 34.2 Å². The van der Waals surface area contributed by atoms with E-state index in [9.17, 15) is 24.0 Å². The van der Waals surface area contributed by atoms with Crippen LogP contribution in [-0.2, 0) is 14.4 Å². The molecule has 1 fully saturated rings. The van der Waals surface area contributed by atoms with E-state index in [1.165, 1.54) is 0 Å². The van der Waals surface area contributed by atoms with Gasteiger partial charge in [-0.3, -0.25) is 38.7 Å². The highest BCUT2D eigenvalue weighted by molar-refractivity contribution is 6.23. The Morgan fingerprint density at radius 2 is 1.59 bits per heavy atom. The SMILES string of the molecule is CCN(CC)[C@H](C(=O)O)C(C)C.O=C1CCC(N2C(=O)c3ccccc3C2=O)C(=O)N1CCO. The molecule has 0 aliphatic carbocycles. The van der Waals surface area contributed by atoms with Crippen LogP contribution in [0.5, 0.6) is 0 Å². The number of carbonyl (C=O) groups is 5. The molecule has 34 heavy (non-hydrogen) atoms. The number of fused-ring (bicyclic) bond motifs is 1. The molecule has 2 N–H and O–H groups in total. The fourth-order valence-corrected chi connectivity index (χ4v) is 4.37. The average Bonchev–Trinajstić information content (AvgIpc) is 3.05. The normalized spacial score (nSPS) is 18.9. The Balaban J connectivity index is 0.000000292. The number of β-amino-alcohol motifs (C(OH)–C–C–N with tert-alkyl or cyclic N) is 1. The maximum absolute atomic E-state index is 12.4. The first-order valence-electron chi connectivity index (χ1n) is 11.5. The van der Waals surface area contributed by atoms with Gasteiger partial charge < -0.3 is 10.2 Å². The number of aliphatic hydroxyl groups excluding tert-OH is 1. The highest BCUT2D eigenvalue weighted by atomic mass is 16.4. The van der Waals surface area contributed by atoms with Gasteiger partial charge in [-0.05, 0) is 37.6 Å². The van der Waals surface area contributed by atoms with Crippen molar-refractivity contribution in [1.82, 2.24) is 14.7 Å². The molecule has 0 saturated carbocycles. The molecule has 2 aliphatic heterocycles. The molecule has 0 radical (unpaired) electrons. The zero-order valence-corrected chi connectivity index (χ0v) is 20.1. The second-order valence-electron chi connectivity index (χ2n) is 8.44. The molecule has 0 aromatic heterocycles. The van der Waals surface area contributed by atoms with Crippen molar-refractivity contribution in [3.63, 3.8) is 0 Å². The van der Waals surface area contributed by atoms with Crippen LogP contribution >= 0.6 is 0 Å². The molecule has 4 amide bonds. The molecule has 0 bridgehead atoms. The van der Waals surface area contributed by atoms with Crippen LogP contribution in [0, 0.1) is 5.92 Å². The van der Waals surface area contributed by atoms with Crippen molar-refractivity contribution in [2.24, 2.45) is 5.92 Å². The number of aliphatic carboxylic acids is 1. The number of carboxylic acid groups (broad SMARTS) is 1. The van der Waals surface area contributed by atoms with E-state index < -0.39 is 35.6 Å². The molecule has 10 heteroatoms. The number of imide groups is 2.